The largest absolute Gasteiger partial charge is 0.494 e. The smallest absolute Gasteiger partial charge is 0.165 e. The second-order valence-corrected chi connectivity index (χ2v) is 5.58. The van der Waals surface area contributed by atoms with Crippen LogP contribution in [0.2, 0.25) is 0 Å². The molecule has 2 atom stereocenters. The number of hydrogen-bond acceptors (Lipinski definition) is 3. The van der Waals surface area contributed by atoms with Crippen LogP contribution >= 0.6 is 0 Å². The van der Waals surface area contributed by atoms with Crippen LogP contribution in [0.3, 0.4) is 0 Å². The summed E-state index contributed by atoms with van der Waals surface area (Å²) in [6, 6.07) is 5.24. The normalized spacial score (nSPS) is 17.5. The third-order valence-electron chi connectivity index (χ3n) is 3.92. The molecule has 0 amide bonds. The minimum absolute atomic E-state index is 0.0396. The first kappa shape index (κ1) is 16.2. The molecule has 1 aromatic rings. The van der Waals surface area contributed by atoms with Crippen molar-refractivity contribution in [3.05, 3.63) is 29.6 Å². The summed E-state index contributed by atoms with van der Waals surface area (Å²) < 4.78 is 25.0. The van der Waals surface area contributed by atoms with E-state index < -0.39 is 0 Å². The predicted molar refractivity (Wildman–Crippen MR) is 82.1 cm³/mol. The zero-order valence-corrected chi connectivity index (χ0v) is 13.2. The van der Waals surface area contributed by atoms with Gasteiger partial charge in [0.05, 0.1) is 19.3 Å². The molecule has 0 heterocycles. The number of ether oxygens (including phenoxy) is 2. The second kappa shape index (κ2) is 7.76. The summed E-state index contributed by atoms with van der Waals surface area (Å²) in [5, 5.41) is 3.52. The summed E-state index contributed by atoms with van der Waals surface area (Å²) in [5.74, 6) is 0.557. The van der Waals surface area contributed by atoms with Crippen molar-refractivity contribution in [2.24, 2.45) is 5.92 Å². The lowest BCUT2D eigenvalue weighted by Crippen LogP contribution is -2.36. The van der Waals surface area contributed by atoms with E-state index in [1.54, 1.807) is 12.1 Å². The van der Waals surface area contributed by atoms with Crippen LogP contribution in [0.15, 0.2) is 18.2 Å². The average molecular weight is 295 g/mol. The molecule has 118 valence electrons. The first-order valence-corrected chi connectivity index (χ1v) is 7.89. The van der Waals surface area contributed by atoms with Crippen molar-refractivity contribution in [2.45, 2.75) is 45.3 Å². The van der Waals surface area contributed by atoms with Gasteiger partial charge in [-0.05, 0) is 56.3 Å². The molecule has 0 aliphatic heterocycles. The summed E-state index contributed by atoms with van der Waals surface area (Å²) in [7, 11) is 1.48. The van der Waals surface area contributed by atoms with Crippen molar-refractivity contribution in [1.29, 1.82) is 0 Å². The third kappa shape index (κ3) is 4.17. The van der Waals surface area contributed by atoms with Crippen LogP contribution in [0.1, 0.15) is 44.7 Å². The van der Waals surface area contributed by atoms with E-state index in [9.17, 15) is 4.39 Å². The molecule has 21 heavy (non-hydrogen) atoms. The van der Waals surface area contributed by atoms with Gasteiger partial charge < -0.3 is 14.8 Å². The van der Waals surface area contributed by atoms with E-state index in [4.69, 9.17) is 9.47 Å². The fraction of sp³-hybridized carbons (Fsp3) is 0.647. The summed E-state index contributed by atoms with van der Waals surface area (Å²) in [4.78, 5) is 0. The van der Waals surface area contributed by atoms with Crippen LogP contribution < -0.4 is 10.1 Å². The van der Waals surface area contributed by atoms with Crippen molar-refractivity contribution in [3.63, 3.8) is 0 Å². The van der Waals surface area contributed by atoms with Gasteiger partial charge in [0.25, 0.3) is 0 Å². The van der Waals surface area contributed by atoms with Crippen LogP contribution in [0, 0.1) is 11.7 Å². The van der Waals surface area contributed by atoms with Crippen molar-refractivity contribution in [3.8, 4) is 5.75 Å². The molecule has 2 unspecified atom stereocenters. The Morgan fingerprint density at radius 2 is 2.10 bits per heavy atom. The number of benzene rings is 1. The van der Waals surface area contributed by atoms with E-state index in [1.807, 2.05) is 13.0 Å². The van der Waals surface area contributed by atoms with E-state index in [1.165, 1.54) is 20.0 Å². The van der Waals surface area contributed by atoms with E-state index in [0.717, 1.165) is 18.5 Å². The van der Waals surface area contributed by atoms with Crippen LogP contribution in [0.5, 0.6) is 5.75 Å². The fourth-order valence-corrected chi connectivity index (χ4v) is 2.72. The summed E-state index contributed by atoms with van der Waals surface area (Å²) >= 11 is 0. The maximum absolute atomic E-state index is 14.0. The maximum atomic E-state index is 14.0. The molecule has 0 saturated heterocycles. The first-order valence-electron chi connectivity index (χ1n) is 7.89. The van der Waals surface area contributed by atoms with Gasteiger partial charge in [-0.2, -0.15) is 0 Å². The van der Waals surface area contributed by atoms with Gasteiger partial charge in [0.15, 0.2) is 11.6 Å². The molecule has 0 bridgehead atoms. The minimum Gasteiger partial charge on any atom is -0.494 e. The summed E-state index contributed by atoms with van der Waals surface area (Å²) in [6.45, 7) is 5.73. The Hall–Kier alpha value is -1.13. The van der Waals surface area contributed by atoms with E-state index in [-0.39, 0.29) is 23.7 Å². The van der Waals surface area contributed by atoms with Gasteiger partial charge in [0.1, 0.15) is 0 Å². The lowest BCUT2D eigenvalue weighted by atomic mass is 9.97. The Morgan fingerprint density at radius 3 is 2.62 bits per heavy atom. The number of methoxy groups -OCH3 is 1. The quantitative estimate of drug-likeness (QED) is 0.753. The Balaban J connectivity index is 2.23. The van der Waals surface area contributed by atoms with Gasteiger partial charge in [-0.15, -0.1) is 0 Å². The number of halogens is 1. The first-order chi connectivity index (χ1) is 10.2. The molecule has 1 fully saturated rings. The molecule has 3 nitrogen and oxygen atoms in total. The Labute approximate surface area is 126 Å². The monoisotopic (exact) mass is 295 g/mol. The van der Waals surface area contributed by atoms with Gasteiger partial charge in [-0.1, -0.05) is 13.0 Å². The highest BCUT2D eigenvalue weighted by atomic mass is 19.1. The highest BCUT2D eigenvalue weighted by Gasteiger charge is 2.37. The van der Waals surface area contributed by atoms with Crippen molar-refractivity contribution < 1.29 is 13.9 Å². The molecular weight excluding hydrogens is 269 g/mol. The Bertz CT molecular complexity index is 448. The van der Waals surface area contributed by atoms with Gasteiger partial charge in [-0.3, -0.25) is 0 Å². The SMILES string of the molecule is CCCNC(c1ccc(OC)c(F)c1)C(OCC)C1CC1. The lowest BCUT2D eigenvalue weighted by Gasteiger charge is -2.29. The van der Waals surface area contributed by atoms with Gasteiger partial charge >= 0.3 is 0 Å². The van der Waals surface area contributed by atoms with Gasteiger partial charge in [-0.25, -0.2) is 4.39 Å². The molecule has 0 radical (unpaired) electrons. The Kier molecular flexibility index (Phi) is 6.00. The predicted octanol–water partition coefficient (Wildman–Crippen LogP) is 3.69. The topological polar surface area (TPSA) is 30.5 Å². The molecule has 4 heteroatoms. The molecule has 2 rings (SSSR count). The van der Waals surface area contributed by atoms with Crippen molar-refractivity contribution >= 4 is 0 Å². The molecule has 1 aromatic carbocycles. The van der Waals surface area contributed by atoms with Crippen molar-refractivity contribution in [2.75, 3.05) is 20.3 Å². The highest BCUT2D eigenvalue weighted by molar-refractivity contribution is 5.32. The molecule has 1 N–H and O–H groups in total. The second-order valence-electron chi connectivity index (χ2n) is 5.58. The van der Waals surface area contributed by atoms with Gasteiger partial charge in [0.2, 0.25) is 0 Å². The van der Waals surface area contributed by atoms with Crippen LogP contribution in [-0.2, 0) is 4.74 Å². The van der Waals surface area contributed by atoms with Gasteiger partial charge in [0, 0.05) is 6.61 Å². The van der Waals surface area contributed by atoms with E-state index in [2.05, 4.69) is 12.2 Å². The summed E-state index contributed by atoms with van der Waals surface area (Å²) in [5.41, 5.74) is 0.937. The molecule has 0 spiro atoms. The molecule has 1 aliphatic carbocycles. The Morgan fingerprint density at radius 1 is 1.33 bits per heavy atom. The van der Waals surface area contributed by atoms with Crippen LogP contribution in [0.4, 0.5) is 4.39 Å². The number of hydrogen-bond donors (Lipinski definition) is 1. The van der Waals surface area contributed by atoms with Crippen LogP contribution in [-0.4, -0.2) is 26.4 Å². The zero-order chi connectivity index (χ0) is 15.2. The van der Waals surface area contributed by atoms with Crippen LogP contribution in [0.25, 0.3) is 0 Å². The number of nitrogens with one attached hydrogen (secondary N) is 1. The maximum Gasteiger partial charge on any atom is 0.165 e. The third-order valence-corrected chi connectivity index (χ3v) is 3.92. The fourth-order valence-electron chi connectivity index (χ4n) is 2.72. The minimum atomic E-state index is -0.315. The molecule has 1 saturated carbocycles. The molecule has 0 aromatic heterocycles. The highest BCUT2D eigenvalue weighted by Crippen LogP contribution is 2.40. The zero-order valence-electron chi connectivity index (χ0n) is 13.2. The number of rotatable bonds is 9. The van der Waals surface area contributed by atoms with E-state index >= 15 is 0 Å². The standard InChI is InChI=1S/C17H26FNO2/c1-4-10-19-16(17(21-5-2)12-6-7-12)13-8-9-15(20-3)14(18)11-13/h8-9,11-12,16-17,19H,4-7,10H2,1-3H3. The average Bonchev–Trinajstić information content (AvgIpc) is 3.31. The summed E-state index contributed by atoms with van der Waals surface area (Å²) in [6.07, 6.45) is 3.56. The van der Waals surface area contributed by atoms with E-state index in [0.29, 0.717) is 12.5 Å². The molecule has 1 aliphatic rings. The molecular formula is C17H26FNO2. The van der Waals surface area contributed by atoms with Crippen molar-refractivity contribution in [1.82, 2.24) is 5.32 Å². The lowest BCUT2D eigenvalue weighted by molar-refractivity contribution is 0.0185.